The predicted molar refractivity (Wildman–Crippen MR) is 80.2 cm³/mol. The van der Waals surface area contributed by atoms with E-state index in [1.54, 1.807) is 13.0 Å². The number of rotatable bonds is 4. The zero-order chi connectivity index (χ0) is 16.3. The average Bonchev–Trinajstić information content (AvgIpc) is 2.46. The molecule has 0 heterocycles. The molecule has 0 aliphatic heterocycles. The molecule has 1 amide bonds. The summed E-state index contributed by atoms with van der Waals surface area (Å²) >= 11 is 5.84. The van der Waals surface area contributed by atoms with Crippen LogP contribution in [0.2, 0.25) is 5.02 Å². The number of amides is 1. The third kappa shape index (κ3) is 3.54. The maximum absolute atomic E-state index is 13.7. The summed E-state index contributed by atoms with van der Waals surface area (Å²) in [5, 5.41) is 2.70. The van der Waals surface area contributed by atoms with Gasteiger partial charge in [-0.15, -0.1) is 0 Å². The Balaban J connectivity index is 2.15. The highest BCUT2D eigenvalue weighted by atomic mass is 35.5. The van der Waals surface area contributed by atoms with Crippen molar-refractivity contribution in [1.29, 1.82) is 0 Å². The van der Waals surface area contributed by atoms with E-state index in [1.165, 1.54) is 25.3 Å². The molecule has 0 fully saturated rings. The smallest absolute Gasteiger partial charge is 0.253 e. The number of benzene rings is 2. The van der Waals surface area contributed by atoms with E-state index in [9.17, 15) is 13.6 Å². The highest BCUT2D eigenvalue weighted by Crippen LogP contribution is 2.23. The zero-order valence-corrected chi connectivity index (χ0v) is 12.7. The van der Waals surface area contributed by atoms with E-state index in [1.807, 2.05) is 0 Å². The van der Waals surface area contributed by atoms with Crippen molar-refractivity contribution >= 4 is 17.5 Å². The van der Waals surface area contributed by atoms with Crippen molar-refractivity contribution in [3.63, 3.8) is 0 Å². The summed E-state index contributed by atoms with van der Waals surface area (Å²) in [5.74, 6) is -1.37. The van der Waals surface area contributed by atoms with Crippen LogP contribution in [0.15, 0.2) is 36.4 Å². The molecule has 0 unspecified atom stereocenters. The van der Waals surface area contributed by atoms with Crippen molar-refractivity contribution in [3.8, 4) is 5.75 Å². The number of carbonyl (C=O) groups is 1. The monoisotopic (exact) mass is 325 g/mol. The summed E-state index contributed by atoms with van der Waals surface area (Å²) in [7, 11) is 1.37. The van der Waals surface area contributed by atoms with Crippen LogP contribution in [0.3, 0.4) is 0 Å². The summed E-state index contributed by atoms with van der Waals surface area (Å²) < 4.78 is 31.5. The number of hydrogen-bond donors (Lipinski definition) is 1. The first kappa shape index (κ1) is 16.2. The maximum atomic E-state index is 13.7. The van der Waals surface area contributed by atoms with Crippen molar-refractivity contribution in [2.45, 2.75) is 13.0 Å². The maximum Gasteiger partial charge on any atom is 0.253 e. The standard InChI is InChI=1S/C16H14ClF2NO2/c1-9(10-3-6-15(22-2)14(19)7-10)20-16(21)12-5-4-11(18)8-13(12)17/h3-9H,1-2H3,(H,20,21)/t9-/m0/s1. The first-order valence-corrected chi connectivity index (χ1v) is 6.89. The van der Waals surface area contributed by atoms with Gasteiger partial charge in [0.2, 0.25) is 0 Å². The van der Waals surface area contributed by atoms with Crippen LogP contribution in [-0.2, 0) is 0 Å². The Morgan fingerprint density at radius 3 is 2.55 bits per heavy atom. The van der Waals surface area contributed by atoms with Gasteiger partial charge in [-0.3, -0.25) is 4.79 Å². The quantitative estimate of drug-likeness (QED) is 0.918. The molecule has 2 aromatic carbocycles. The van der Waals surface area contributed by atoms with Crippen LogP contribution in [0.5, 0.6) is 5.75 Å². The van der Waals surface area contributed by atoms with E-state index >= 15 is 0 Å². The lowest BCUT2D eigenvalue weighted by Gasteiger charge is -2.16. The van der Waals surface area contributed by atoms with Gasteiger partial charge in [-0.05, 0) is 42.8 Å². The van der Waals surface area contributed by atoms with Crippen LogP contribution in [0.4, 0.5) is 8.78 Å². The van der Waals surface area contributed by atoms with Gasteiger partial charge in [-0.2, -0.15) is 0 Å². The van der Waals surface area contributed by atoms with Crippen molar-refractivity contribution in [2.24, 2.45) is 0 Å². The third-order valence-electron chi connectivity index (χ3n) is 3.20. The first-order chi connectivity index (χ1) is 10.4. The minimum atomic E-state index is -0.521. The van der Waals surface area contributed by atoms with Gasteiger partial charge in [0.15, 0.2) is 11.6 Å². The van der Waals surface area contributed by atoms with Crippen LogP contribution < -0.4 is 10.1 Å². The molecule has 0 radical (unpaired) electrons. The molecule has 0 aliphatic carbocycles. The summed E-state index contributed by atoms with van der Waals surface area (Å²) in [5.41, 5.74) is 0.730. The molecule has 2 aromatic rings. The van der Waals surface area contributed by atoms with Crippen LogP contribution in [0.1, 0.15) is 28.9 Å². The molecular weight excluding hydrogens is 312 g/mol. The molecule has 22 heavy (non-hydrogen) atoms. The second kappa shape index (κ2) is 6.75. The molecule has 0 aromatic heterocycles. The number of carbonyl (C=O) groups excluding carboxylic acids is 1. The fourth-order valence-electron chi connectivity index (χ4n) is 1.98. The molecule has 2 rings (SSSR count). The van der Waals surface area contributed by atoms with Gasteiger partial charge in [0, 0.05) is 0 Å². The van der Waals surface area contributed by atoms with Gasteiger partial charge in [0.05, 0.1) is 23.7 Å². The van der Waals surface area contributed by atoms with Crippen LogP contribution in [0, 0.1) is 11.6 Å². The SMILES string of the molecule is COc1ccc([C@H](C)NC(=O)c2ccc(F)cc2Cl)cc1F. The van der Waals surface area contributed by atoms with E-state index in [-0.39, 0.29) is 16.3 Å². The first-order valence-electron chi connectivity index (χ1n) is 6.51. The molecule has 3 nitrogen and oxygen atoms in total. The van der Waals surface area contributed by atoms with Gasteiger partial charge in [-0.25, -0.2) is 8.78 Å². The topological polar surface area (TPSA) is 38.3 Å². The molecule has 0 spiro atoms. The normalized spacial score (nSPS) is 11.9. The Morgan fingerprint density at radius 2 is 1.95 bits per heavy atom. The molecule has 1 N–H and O–H groups in total. The highest BCUT2D eigenvalue weighted by molar-refractivity contribution is 6.33. The van der Waals surface area contributed by atoms with Gasteiger partial charge in [0.25, 0.3) is 5.91 Å². The van der Waals surface area contributed by atoms with E-state index < -0.39 is 23.6 Å². The number of ether oxygens (including phenoxy) is 1. The van der Waals surface area contributed by atoms with Crippen molar-refractivity contribution in [1.82, 2.24) is 5.32 Å². The van der Waals surface area contributed by atoms with Crippen LogP contribution >= 0.6 is 11.6 Å². The molecule has 0 bridgehead atoms. The molecule has 0 saturated heterocycles. The lowest BCUT2D eigenvalue weighted by Crippen LogP contribution is -2.27. The average molecular weight is 326 g/mol. The Hall–Kier alpha value is -2.14. The van der Waals surface area contributed by atoms with Gasteiger partial charge in [-0.1, -0.05) is 17.7 Å². The fourth-order valence-corrected chi connectivity index (χ4v) is 2.24. The van der Waals surface area contributed by atoms with Gasteiger partial charge < -0.3 is 10.1 Å². The lowest BCUT2D eigenvalue weighted by molar-refractivity contribution is 0.0940. The summed E-state index contributed by atoms with van der Waals surface area (Å²) in [6.45, 7) is 1.70. The molecule has 1 atom stereocenters. The van der Waals surface area contributed by atoms with E-state index in [0.717, 1.165) is 12.1 Å². The second-order valence-corrected chi connectivity index (χ2v) is 5.12. The second-order valence-electron chi connectivity index (χ2n) is 4.71. The zero-order valence-electron chi connectivity index (χ0n) is 12.0. The molecule has 0 saturated carbocycles. The predicted octanol–water partition coefficient (Wildman–Crippen LogP) is 4.12. The van der Waals surface area contributed by atoms with Crippen molar-refractivity contribution < 1.29 is 18.3 Å². The Labute approximate surface area is 131 Å². The van der Waals surface area contributed by atoms with Crippen molar-refractivity contribution in [3.05, 3.63) is 64.2 Å². The van der Waals surface area contributed by atoms with Crippen LogP contribution in [-0.4, -0.2) is 13.0 Å². The minimum Gasteiger partial charge on any atom is -0.494 e. The summed E-state index contributed by atoms with van der Waals surface area (Å²) in [6, 6.07) is 7.49. The Bertz CT molecular complexity index is 707. The third-order valence-corrected chi connectivity index (χ3v) is 3.51. The molecule has 116 valence electrons. The fraction of sp³-hybridized carbons (Fsp3) is 0.188. The number of nitrogens with one attached hydrogen (secondary N) is 1. The van der Waals surface area contributed by atoms with Gasteiger partial charge in [0.1, 0.15) is 5.82 Å². The Morgan fingerprint density at radius 1 is 1.23 bits per heavy atom. The summed E-state index contributed by atoms with van der Waals surface area (Å²) in [6.07, 6.45) is 0. The molecular formula is C16H14ClF2NO2. The Kier molecular flexibility index (Phi) is 4.98. The highest BCUT2D eigenvalue weighted by Gasteiger charge is 2.16. The lowest BCUT2D eigenvalue weighted by atomic mass is 10.1. The number of hydrogen-bond acceptors (Lipinski definition) is 2. The summed E-state index contributed by atoms with van der Waals surface area (Å²) in [4.78, 5) is 12.1. The van der Waals surface area contributed by atoms with E-state index in [4.69, 9.17) is 16.3 Å². The largest absolute Gasteiger partial charge is 0.494 e. The number of halogens is 3. The van der Waals surface area contributed by atoms with E-state index in [0.29, 0.717) is 5.56 Å². The number of methoxy groups -OCH3 is 1. The van der Waals surface area contributed by atoms with Crippen LogP contribution in [0.25, 0.3) is 0 Å². The minimum absolute atomic E-state index is 0.0191. The van der Waals surface area contributed by atoms with Gasteiger partial charge >= 0.3 is 0 Å². The van der Waals surface area contributed by atoms with E-state index in [2.05, 4.69) is 5.32 Å². The molecule has 0 aliphatic rings. The van der Waals surface area contributed by atoms with Crippen molar-refractivity contribution in [2.75, 3.05) is 7.11 Å². The molecule has 6 heteroatoms.